The van der Waals surface area contributed by atoms with E-state index in [1.54, 1.807) is 0 Å². The lowest BCUT2D eigenvalue weighted by Crippen LogP contribution is -2.41. The number of benzene rings is 1. The van der Waals surface area contributed by atoms with Crippen LogP contribution in [0.15, 0.2) is 32.7 Å². The van der Waals surface area contributed by atoms with Crippen molar-refractivity contribution in [3.05, 3.63) is 56.1 Å². The number of rotatable bonds is 4. The summed E-state index contributed by atoms with van der Waals surface area (Å²) in [7, 11) is 0.165. The summed E-state index contributed by atoms with van der Waals surface area (Å²) in [6.45, 7) is 5.91. The van der Waals surface area contributed by atoms with Crippen LogP contribution in [0, 0.1) is 17.3 Å². The Hall–Kier alpha value is -2.78. The maximum atomic E-state index is 14.9. The Kier molecular flexibility index (Phi) is 7.46. The third-order valence-electron chi connectivity index (χ3n) is 4.05. The standard InChI is InChI=1S/C20H20F4N2O4SSi/c1-25-16(20(22,23)24)10-17(27)26(19(25)29)14-9-15(31-11-18(28)30-2)12(8-13(14)21)6-7-32(3,4)5/h8-10H,11H2,1-5H3. The number of aromatic nitrogens is 2. The molecule has 0 aliphatic carbocycles. The van der Waals surface area contributed by atoms with Gasteiger partial charge >= 0.3 is 17.8 Å². The van der Waals surface area contributed by atoms with Gasteiger partial charge in [-0.1, -0.05) is 25.6 Å². The van der Waals surface area contributed by atoms with Crippen LogP contribution < -0.4 is 11.2 Å². The van der Waals surface area contributed by atoms with Gasteiger partial charge < -0.3 is 4.74 Å². The summed E-state index contributed by atoms with van der Waals surface area (Å²) in [6.07, 6.45) is -4.94. The molecule has 0 bridgehead atoms. The van der Waals surface area contributed by atoms with E-state index in [-0.39, 0.29) is 26.8 Å². The van der Waals surface area contributed by atoms with Gasteiger partial charge in [0.25, 0.3) is 5.56 Å². The molecule has 0 saturated carbocycles. The number of alkyl halides is 3. The van der Waals surface area contributed by atoms with Crippen LogP contribution in [0.4, 0.5) is 17.6 Å². The molecule has 0 amide bonds. The van der Waals surface area contributed by atoms with Crippen molar-refractivity contribution >= 4 is 25.8 Å². The van der Waals surface area contributed by atoms with Gasteiger partial charge in [-0.15, -0.1) is 17.3 Å². The van der Waals surface area contributed by atoms with Crippen LogP contribution in [-0.4, -0.2) is 36.0 Å². The van der Waals surface area contributed by atoms with Crippen molar-refractivity contribution < 1.29 is 27.1 Å². The monoisotopic (exact) mass is 488 g/mol. The fourth-order valence-electron chi connectivity index (χ4n) is 2.50. The Morgan fingerprint density at radius 1 is 1.19 bits per heavy atom. The number of esters is 1. The summed E-state index contributed by atoms with van der Waals surface area (Å²) >= 11 is 0.939. The maximum Gasteiger partial charge on any atom is 0.431 e. The van der Waals surface area contributed by atoms with E-state index in [9.17, 15) is 31.9 Å². The van der Waals surface area contributed by atoms with E-state index < -0.39 is 48.7 Å². The van der Waals surface area contributed by atoms with Crippen molar-refractivity contribution in [1.29, 1.82) is 0 Å². The summed E-state index contributed by atoms with van der Waals surface area (Å²) < 4.78 is 59.3. The molecule has 2 rings (SSSR count). The average Bonchev–Trinajstić information content (AvgIpc) is 2.67. The number of thioether (sulfide) groups is 1. The zero-order valence-electron chi connectivity index (χ0n) is 17.9. The Balaban J connectivity index is 2.76. The highest BCUT2D eigenvalue weighted by molar-refractivity contribution is 8.00. The fourth-order valence-corrected chi connectivity index (χ4v) is 3.86. The minimum absolute atomic E-state index is 0.164. The Bertz CT molecular complexity index is 1230. The van der Waals surface area contributed by atoms with Crippen molar-refractivity contribution in [1.82, 2.24) is 9.13 Å². The van der Waals surface area contributed by atoms with Crippen LogP contribution in [0.2, 0.25) is 19.6 Å². The van der Waals surface area contributed by atoms with Gasteiger partial charge in [-0.05, 0) is 12.1 Å². The highest BCUT2D eigenvalue weighted by Crippen LogP contribution is 2.29. The second-order valence-electron chi connectivity index (χ2n) is 7.71. The highest BCUT2D eigenvalue weighted by Gasteiger charge is 2.35. The molecule has 12 heteroatoms. The molecule has 32 heavy (non-hydrogen) atoms. The van der Waals surface area contributed by atoms with Crippen molar-refractivity contribution in [2.75, 3.05) is 12.9 Å². The zero-order valence-corrected chi connectivity index (χ0v) is 19.7. The van der Waals surface area contributed by atoms with E-state index in [2.05, 4.69) is 16.2 Å². The topological polar surface area (TPSA) is 70.3 Å². The minimum Gasteiger partial charge on any atom is -0.468 e. The van der Waals surface area contributed by atoms with Gasteiger partial charge in [-0.25, -0.2) is 13.8 Å². The maximum absolute atomic E-state index is 14.9. The third kappa shape index (κ3) is 5.92. The summed E-state index contributed by atoms with van der Waals surface area (Å²) in [5.41, 5.74) is -1.44. The van der Waals surface area contributed by atoms with Gasteiger partial charge in [0.15, 0.2) is 0 Å². The summed E-state index contributed by atoms with van der Waals surface area (Å²) in [5, 5.41) is 0. The molecule has 0 aliphatic rings. The van der Waals surface area contributed by atoms with Crippen LogP contribution in [0.25, 0.3) is 5.69 Å². The lowest BCUT2D eigenvalue weighted by Gasteiger charge is -2.15. The second-order valence-corrected chi connectivity index (χ2v) is 13.5. The van der Waals surface area contributed by atoms with Crippen LogP contribution in [0.5, 0.6) is 0 Å². The van der Waals surface area contributed by atoms with Crippen molar-refractivity contribution in [2.45, 2.75) is 30.7 Å². The first-order chi connectivity index (χ1) is 14.7. The molecular formula is C20H20F4N2O4SSi. The van der Waals surface area contributed by atoms with Gasteiger partial charge in [0, 0.05) is 23.6 Å². The molecular weight excluding hydrogens is 468 g/mol. The van der Waals surface area contributed by atoms with Gasteiger partial charge in [0.2, 0.25) is 0 Å². The van der Waals surface area contributed by atoms with E-state index in [1.165, 1.54) is 7.11 Å². The Labute approximate surface area is 186 Å². The van der Waals surface area contributed by atoms with Crippen molar-refractivity contribution in [3.8, 4) is 17.2 Å². The molecule has 172 valence electrons. The quantitative estimate of drug-likeness (QED) is 0.217. The first-order valence-electron chi connectivity index (χ1n) is 9.12. The zero-order chi connectivity index (χ0) is 24.4. The minimum atomic E-state index is -4.94. The Morgan fingerprint density at radius 2 is 1.81 bits per heavy atom. The fraction of sp³-hybridized carbons (Fsp3) is 0.350. The smallest absolute Gasteiger partial charge is 0.431 e. The predicted molar refractivity (Wildman–Crippen MR) is 115 cm³/mol. The predicted octanol–water partition coefficient (Wildman–Crippen LogP) is 3.19. The van der Waals surface area contributed by atoms with Gasteiger partial charge in [-0.2, -0.15) is 13.2 Å². The SMILES string of the molecule is COC(=O)CSc1cc(-n2c(=O)cc(C(F)(F)F)n(C)c2=O)c(F)cc1C#C[Si](C)(C)C. The lowest BCUT2D eigenvalue weighted by molar-refractivity contribution is -0.144. The van der Waals surface area contributed by atoms with E-state index >= 15 is 0 Å². The molecule has 0 saturated heterocycles. The highest BCUT2D eigenvalue weighted by atomic mass is 32.2. The van der Waals surface area contributed by atoms with Crippen molar-refractivity contribution in [3.63, 3.8) is 0 Å². The molecule has 1 aromatic carbocycles. The van der Waals surface area contributed by atoms with Crippen LogP contribution in [-0.2, 0) is 22.8 Å². The molecule has 1 aromatic heterocycles. The van der Waals surface area contributed by atoms with Crippen LogP contribution >= 0.6 is 11.8 Å². The van der Waals surface area contributed by atoms with Crippen molar-refractivity contribution in [2.24, 2.45) is 7.05 Å². The Morgan fingerprint density at radius 3 is 2.34 bits per heavy atom. The number of halogens is 4. The van der Waals surface area contributed by atoms with Crippen LogP contribution in [0.1, 0.15) is 11.3 Å². The number of hydrogen-bond acceptors (Lipinski definition) is 5. The molecule has 2 aromatic rings. The van der Waals surface area contributed by atoms with E-state index in [4.69, 9.17) is 0 Å². The average molecular weight is 489 g/mol. The van der Waals surface area contributed by atoms with Gasteiger partial charge in [0.1, 0.15) is 19.6 Å². The summed E-state index contributed by atoms with van der Waals surface area (Å²) in [5.74, 6) is 1.10. The molecule has 0 fully saturated rings. The molecule has 1 heterocycles. The molecule has 0 spiro atoms. The van der Waals surface area contributed by atoms with E-state index in [0.29, 0.717) is 4.57 Å². The molecule has 0 aliphatic heterocycles. The normalized spacial score (nSPS) is 11.7. The molecule has 6 nitrogen and oxygen atoms in total. The van der Waals surface area contributed by atoms with E-state index in [0.717, 1.165) is 30.9 Å². The second kappa shape index (κ2) is 9.38. The number of hydrogen-bond donors (Lipinski definition) is 0. The van der Waals surface area contributed by atoms with E-state index in [1.807, 2.05) is 19.6 Å². The largest absolute Gasteiger partial charge is 0.468 e. The first-order valence-corrected chi connectivity index (χ1v) is 13.6. The first kappa shape index (κ1) is 25.5. The number of ether oxygens (including phenoxy) is 1. The number of nitrogens with zero attached hydrogens (tertiary/aromatic N) is 2. The molecule has 0 N–H and O–H groups in total. The summed E-state index contributed by atoms with van der Waals surface area (Å²) in [6, 6.07) is 2.33. The lowest BCUT2D eigenvalue weighted by atomic mass is 10.2. The number of carbonyl (C=O) groups is 1. The summed E-state index contributed by atoms with van der Waals surface area (Å²) in [4.78, 5) is 36.7. The van der Waals surface area contributed by atoms with Gasteiger partial charge in [-0.3, -0.25) is 14.2 Å². The molecule has 0 atom stereocenters. The number of methoxy groups -OCH3 is 1. The molecule has 0 unspecified atom stereocenters. The van der Waals surface area contributed by atoms with Gasteiger partial charge in [0.05, 0.1) is 18.6 Å². The molecule has 0 radical (unpaired) electrons. The number of carbonyl (C=O) groups excluding carboxylic acids is 1. The third-order valence-corrected chi connectivity index (χ3v) is 5.95. The van der Waals surface area contributed by atoms with Crippen LogP contribution in [0.3, 0.4) is 0 Å².